The van der Waals surface area contributed by atoms with Crippen molar-refractivity contribution in [3.05, 3.63) is 45.6 Å². The summed E-state index contributed by atoms with van der Waals surface area (Å²) in [6.07, 6.45) is 5.08. The monoisotopic (exact) mass is 437 g/mol. The molecule has 1 saturated carbocycles. The number of carbonyl (C=O) groups excluding carboxylic acids is 1. The van der Waals surface area contributed by atoms with E-state index in [1.807, 2.05) is 19.9 Å². The zero-order chi connectivity index (χ0) is 22.8. The fourth-order valence-corrected chi connectivity index (χ4v) is 4.72. The molecule has 0 atom stereocenters. The Morgan fingerprint density at radius 3 is 2.66 bits per heavy atom. The number of nitrogens with one attached hydrogen (secondary N) is 1. The van der Waals surface area contributed by atoms with Crippen LogP contribution in [0.25, 0.3) is 16.9 Å². The van der Waals surface area contributed by atoms with Crippen molar-refractivity contribution in [3.63, 3.8) is 0 Å². The van der Waals surface area contributed by atoms with Crippen molar-refractivity contribution >= 4 is 11.4 Å². The van der Waals surface area contributed by atoms with Crippen molar-refractivity contribution in [2.75, 3.05) is 6.61 Å². The highest BCUT2D eigenvalue weighted by molar-refractivity contribution is 5.76. The number of aromatic nitrogens is 4. The number of aromatic amines is 1. The van der Waals surface area contributed by atoms with E-state index in [1.165, 1.54) is 0 Å². The number of hydrogen-bond donors (Lipinski definition) is 2. The van der Waals surface area contributed by atoms with E-state index >= 15 is 0 Å². The van der Waals surface area contributed by atoms with E-state index < -0.39 is 0 Å². The maximum Gasteiger partial charge on any atom is 0.277 e. The van der Waals surface area contributed by atoms with Crippen LogP contribution in [0.3, 0.4) is 0 Å². The number of nitrogens with zero attached hydrogens (tertiary/aromatic N) is 3. The van der Waals surface area contributed by atoms with Crippen LogP contribution in [0.15, 0.2) is 23.0 Å². The van der Waals surface area contributed by atoms with Crippen molar-refractivity contribution in [2.24, 2.45) is 11.7 Å². The highest BCUT2D eigenvalue weighted by atomic mass is 16.5. The lowest BCUT2D eigenvalue weighted by molar-refractivity contribution is -0.122. The van der Waals surface area contributed by atoms with Gasteiger partial charge in [0.15, 0.2) is 11.3 Å². The SMILES string of the molecule is CCCc1nc(C)c2c(=O)[nH]c(-c3cc([C@H]4CC[C@@H](C(N)=O)CC4)ccc3OCC)nn12. The smallest absolute Gasteiger partial charge is 0.277 e. The van der Waals surface area contributed by atoms with Gasteiger partial charge in [0.05, 0.1) is 17.9 Å². The summed E-state index contributed by atoms with van der Waals surface area (Å²) >= 11 is 0. The topological polar surface area (TPSA) is 115 Å². The van der Waals surface area contributed by atoms with Crippen LogP contribution >= 0.6 is 0 Å². The van der Waals surface area contributed by atoms with Crippen LogP contribution < -0.4 is 16.0 Å². The molecule has 32 heavy (non-hydrogen) atoms. The normalized spacial score (nSPS) is 18.7. The molecule has 1 aliphatic rings. The summed E-state index contributed by atoms with van der Waals surface area (Å²) in [5.41, 5.74) is 8.36. The van der Waals surface area contributed by atoms with Gasteiger partial charge in [-0.3, -0.25) is 9.59 Å². The number of benzene rings is 1. The van der Waals surface area contributed by atoms with Gasteiger partial charge >= 0.3 is 0 Å². The Labute approximate surface area is 187 Å². The lowest BCUT2D eigenvalue weighted by atomic mass is 9.78. The van der Waals surface area contributed by atoms with Gasteiger partial charge < -0.3 is 15.5 Å². The summed E-state index contributed by atoms with van der Waals surface area (Å²) in [4.78, 5) is 32.0. The lowest BCUT2D eigenvalue weighted by Gasteiger charge is -2.27. The van der Waals surface area contributed by atoms with Gasteiger partial charge in [0.25, 0.3) is 5.56 Å². The summed E-state index contributed by atoms with van der Waals surface area (Å²) in [6.45, 7) is 6.35. The first-order valence-electron chi connectivity index (χ1n) is 11.5. The molecule has 2 aromatic heterocycles. The zero-order valence-corrected chi connectivity index (χ0v) is 19.0. The van der Waals surface area contributed by atoms with Crippen molar-refractivity contribution < 1.29 is 9.53 Å². The van der Waals surface area contributed by atoms with Gasteiger partial charge in [-0.15, -0.1) is 5.10 Å². The molecule has 0 spiro atoms. The molecule has 0 radical (unpaired) electrons. The quantitative estimate of drug-likeness (QED) is 0.587. The first-order chi connectivity index (χ1) is 15.4. The fraction of sp³-hybridized carbons (Fsp3) is 0.500. The Morgan fingerprint density at radius 2 is 2.00 bits per heavy atom. The van der Waals surface area contributed by atoms with E-state index in [0.29, 0.717) is 35.3 Å². The number of imidazole rings is 1. The maximum absolute atomic E-state index is 12.9. The minimum atomic E-state index is -0.211. The zero-order valence-electron chi connectivity index (χ0n) is 19.0. The van der Waals surface area contributed by atoms with E-state index in [1.54, 1.807) is 4.52 Å². The number of fused-ring (bicyclic) bond motifs is 1. The Bertz CT molecular complexity index is 1190. The summed E-state index contributed by atoms with van der Waals surface area (Å²) in [6, 6.07) is 6.09. The van der Waals surface area contributed by atoms with Crippen LogP contribution in [0.4, 0.5) is 0 Å². The first kappa shape index (κ1) is 22.0. The molecule has 8 heteroatoms. The second-order valence-corrected chi connectivity index (χ2v) is 8.57. The summed E-state index contributed by atoms with van der Waals surface area (Å²) in [5.74, 6) is 2.03. The number of ether oxygens (including phenoxy) is 1. The molecule has 0 bridgehead atoms. The average Bonchev–Trinajstić information content (AvgIpc) is 3.10. The third-order valence-corrected chi connectivity index (χ3v) is 6.38. The Morgan fingerprint density at radius 1 is 1.25 bits per heavy atom. The highest BCUT2D eigenvalue weighted by Crippen LogP contribution is 2.39. The van der Waals surface area contributed by atoms with E-state index in [0.717, 1.165) is 55.5 Å². The third kappa shape index (κ3) is 4.13. The summed E-state index contributed by atoms with van der Waals surface area (Å²) in [5, 5.41) is 4.77. The second kappa shape index (κ2) is 9.14. The first-order valence-corrected chi connectivity index (χ1v) is 11.5. The molecule has 4 rings (SSSR count). The number of hydrogen-bond acceptors (Lipinski definition) is 5. The molecule has 3 aromatic rings. The van der Waals surface area contributed by atoms with Gasteiger partial charge in [-0.25, -0.2) is 9.50 Å². The molecule has 3 N–H and O–H groups in total. The van der Waals surface area contributed by atoms with Crippen molar-refractivity contribution in [2.45, 2.75) is 65.2 Å². The molecule has 0 aliphatic heterocycles. The largest absolute Gasteiger partial charge is 0.493 e. The highest BCUT2D eigenvalue weighted by Gasteiger charge is 2.26. The summed E-state index contributed by atoms with van der Waals surface area (Å²) < 4.78 is 7.54. The van der Waals surface area contributed by atoms with Crippen LogP contribution in [0.1, 0.15) is 69.0 Å². The molecule has 0 saturated heterocycles. The standard InChI is InChI=1S/C24H31N5O3/c1-4-6-20-26-14(3)21-24(31)27-23(28-29(20)21)18-13-17(11-12-19(18)32-5-2)15-7-9-16(10-8-15)22(25)30/h11-13,15-16H,4-10H2,1-3H3,(H2,25,30)(H,27,28,31)/t15-,16+. The molecule has 170 valence electrons. The van der Waals surface area contributed by atoms with Crippen LogP contribution in [0.5, 0.6) is 5.75 Å². The molecule has 1 fully saturated rings. The van der Waals surface area contributed by atoms with Gasteiger partial charge in [-0.2, -0.15) is 0 Å². The van der Waals surface area contributed by atoms with Crippen molar-refractivity contribution in [1.29, 1.82) is 0 Å². The number of carbonyl (C=O) groups is 1. The van der Waals surface area contributed by atoms with Gasteiger partial charge in [0.2, 0.25) is 5.91 Å². The molecular formula is C24H31N5O3. The third-order valence-electron chi connectivity index (χ3n) is 6.38. The Hall–Kier alpha value is -3.16. The Balaban J connectivity index is 1.77. The lowest BCUT2D eigenvalue weighted by Crippen LogP contribution is -2.27. The number of amides is 1. The number of rotatable bonds is 7. The predicted octanol–water partition coefficient (Wildman–Crippen LogP) is 3.50. The minimum Gasteiger partial charge on any atom is -0.493 e. The van der Waals surface area contributed by atoms with E-state index in [2.05, 4.69) is 29.0 Å². The molecular weight excluding hydrogens is 406 g/mol. The molecule has 0 unspecified atom stereocenters. The van der Waals surface area contributed by atoms with Crippen molar-refractivity contribution in [1.82, 2.24) is 19.6 Å². The molecule has 8 nitrogen and oxygen atoms in total. The van der Waals surface area contributed by atoms with Crippen LogP contribution in [-0.4, -0.2) is 32.1 Å². The van der Waals surface area contributed by atoms with E-state index in [9.17, 15) is 9.59 Å². The van der Waals surface area contributed by atoms with E-state index in [4.69, 9.17) is 15.6 Å². The summed E-state index contributed by atoms with van der Waals surface area (Å²) in [7, 11) is 0. The molecule has 1 aromatic carbocycles. The van der Waals surface area contributed by atoms with Gasteiger partial charge in [0.1, 0.15) is 11.6 Å². The number of primary amides is 1. The average molecular weight is 438 g/mol. The maximum atomic E-state index is 12.9. The van der Waals surface area contributed by atoms with Crippen molar-refractivity contribution in [3.8, 4) is 17.1 Å². The molecule has 1 aliphatic carbocycles. The number of H-pyrrole nitrogens is 1. The molecule has 1 amide bonds. The number of nitrogens with two attached hydrogens (primary N) is 1. The Kier molecular flexibility index (Phi) is 6.30. The predicted molar refractivity (Wildman–Crippen MR) is 123 cm³/mol. The van der Waals surface area contributed by atoms with Gasteiger partial charge in [0, 0.05) is 12.3 Å². The fourth-order valence-electron chi connectivity index (χ4n) is 4.72. The molecule has 2 heterocycles. The van der Waals surface area contributed by atoms with Crippen LogP contribution in [0, 0.1) is 12.8 Å². The minimum absolute atomic E-state index is 0.0321. The second-order valence-electron chi connectivity index (χ2n) is 8.57. The van der Waals surface area contributed by atoms with Crippen LogP contribution in [0.2, 0.25) is 0 Å². The van der Waals surface area contributed by atoms with Gasteiger partial charge in [-0.1, -0.05) is 13.0 Å². The van der Waals surface area contributed by atoms with Gasteiger partial charge in [-0.05, 0) is 69.6 Å². The van der Waals surface area contributed by atoms with Crippen LogP contribution in [-0.2, 0) is 11.2 Å². The number of aryl methyl sites for hydroxylation is 2. The van der Waals surface area contributed by atoms with E-state index in [-0.39, 0.29) is 17.4 Å².